The molecule has 0 bridgehead atoms. The molecule has 1 N–H and O–H groups in total. The average Bonchev–Trinajstić information content (AvgIpc) is 2.42. The summed E-state index contributed by atoms with van der Waals surface area (Å²) in [6, 6.07) is 6.57. The third kappa shape index (κ3) is 3.76. The van der Waals surface area contributed by atoms with Crippen LogP contribution in [-0.2, 0) is 6.54 Å². The van der Waals surface area contributed by atoms with E-state index >= 15 is 0 Å². The molecule has 0 saturated heterocycles. The van der Waals surface area contributed by atoms with Crippen molar-refractivity contribution < 1.29 is 13.7 Å². The molecule has 0 unspecified atom stereocenters. The number of halogens is 4. The van der Waals surface area contributed by atoms with Crippen LogP contribution in [0.4, 0.5) is 20.2 Å². The zero-order valence-corrected chi connectivity index (χ0v) is 13.5. The number of anilines is 1. The standard InChI is InChI=1S/C13H8Br2F2N2O2/c14-8-2-1-7(13(3-8)19(20)21)6-18-12-4-9(15)10(16)5-11(12)17/h1-5,18H,6H2. The highest BCUT2D eigenvalue weighted by atomic mass is 79.9. The Bertz CT molecular complexity index is 711. The molecule has 0 aliphatic heterocycles. The van der Waals surface area contributed by atoms with Crippen molar-refractivity contribution >= 4 is 43.2 Å². The Balaban J connectivity index is 2.25. The van der Waals surface area contributed by atoms with Crippen LogP contribution in [0.25, 0.3) is 0 Å². The minimum Gasteiger partial charge on any atom is -0.378 e. The molecule has 8 heteroatoms. The van der Waals surface area contributed by atoms with Crippen LogP contribution < -0.4 is 5.32 Å². The first-order valence-corrected chi connectivity index (χ1v) is 7.28. The van der Waals surface area contributed by atoms with Gasteiger partial charge in [0.15, 0.2) is 0 Å². The molecule has 0 fully saturated rings. The Hall–Kier alpha value is -1.54. The van der Waals surface area contributed by atoms with Crippen molar-refractivity contribution in [3.05, 3.63) is 66.6 Å². The summed E-state index contributed by atoms with van der Waals surface area (Å²) >= 11 is 6.11. The molecule has 0 atom stereocenters. The lowest BCUT2D eigenvalue weighted by Crippen LogP contribution is -2.05. The summed E-state index contributed by atoms with van der Waals surface area (Å²) in [7, 11) is 0. The van der Waals surface area contributed by atoms with E-state index in [9.17, 15) is 18.9 Å². The number of nitrogens with zero attached hydrogens (tertiary/aromatic N) is 1. The van der Waals surface area contributed by atoms with E-state index in [1.54, 1.807) is 12.1 Å². The molecule has 0 radical (unpaired) electrons. The fourth-order valence-electron chi connectivity index (χ4n) is 1.70. The lowest BCUT2D eigenvalue weighted by Gasteiger charge is -2.09. The first-order chi connectivity index (χ1) is 9.88. The first-order valence-electron chi connectivity index (χ1n) is 5.69. The monoisotopic (exact) mass is 420 g/mol. The van der Waals surface area contributed by atoms with Crippen molar-refractivity contribution in [1.82, 2.24) is 0 Å². The second-order valence-electron chi connectivity index (χ2n) is 4.13. The van der Waals surface area contributed by atoms with Gasteiger partial charge in [-0.15, -0.1) is 0 Å². The number of nitrogens with one attached hydrogen (secondary N) is 1. The van der Waals surface area contributed by atoms with Gasteiger partial charge in [-0.3, -0.25) is 10.1 Å². The molecule has 0 amide bonds. The number of nitro benzene ring substituents is 1. The lowest BCUT2D eigenvalue weighted by atomic mass is 10.1. The number of hydrogen-bond donors (Lipinski definition) is 1. The SMILES string of the molecule is O=[N+]([O-])c1cc(Br)ccc1CNc1cc(Br)c(F)cc1F. The van der Waals surface area contributed by atoms with Crippen LogP contribution in [0.2, 0.25) is 0 Å². The lowest BCUT2D eigenvalue weighted by molar-refractivity contribution is -0.385. The second-order valence-corrected chi connectivity index (χ2v) is 5.90. The Morgan fingerprint density at radius 2 is 1.86 bits per heavy atom. The highest BCUT2D eigenvalue weighted by molar-refractivity contribution is 9.10. The van der Waals surface area contributed by atoms with E-state index in [-0.39, 0.29) is 22.4 Å². The van der Waals surface area contributed by atoms with Crippen molar-refractivity contribution in [2.75, 3.05) is 5.32 Å². The highest BCUT2D eigenvalue weighted by Gasteiger charge is 2.15. The maximum absolute atomic E-state index is 13.6. The normalized spacial score (nSPS) is 10.5. The van der Waals surface area contributed by atoms with Crippen molar-refractivity contribution in [3.63, 3.8) is 0 Å². The van der Waals surface area contributed by atoms with Crippen molar-refractivity contribution in [3.8, 4) is 0 Å². The molecule has 0 aliphatic rings. The molecule has 0 spiro atoms. The average molecular weight is 422 g/mol. The Labute approximate surface area is 135 Å². The van der Waals surface area contributed by atoms with Gasteiger partial charge in [0.25, 0.3) is 5.69 Å². The molecule has 2 rings (SSSR count). The summed E-state index contributed by atoms with van der Waals surface area (Å²) in [6.07, 6.45) is 0. The summed E-state index contributed by atoms with van der Waals surface area (Å²) in [4.78, 5) is 10.5. The molecule has 4 nitrogen and oxygen atoms in total. The van der Waals surface area contributed by atoms with Crippen LogP contribution in [0, 0.1) is 21.7 Å². The van der Waals surface area contributed by atoms with Gasteiger partial charge < -0.3 is 5.32 Å². The Morgan fingerprint density at radius 1 is 1.14 bits per heavy atom. The van der Waals surface area contributed by atoms with Crippen LogP contribution in [0.3, 0.4) is 0 Å². The van der Waals surface area contributed by atoms with Gasteiger partial charge in [0, 0.05) is 28.7 Å². The van der Waals surface area contributed by atoms with E-state index in [4.69, 9.17) is 0 Å². The molecule has 0 aromatic heterocycles. The van der Waals surface area contributed by atoms with Gasteiger partial charge in [0.1, 0.15) is 11.6 Å². The van der Waals surface area contributed by atoms with Crippen LogP contribution in [0.5, 0.6) is 0 Å². The highest BCUT2D eigenvalue weighted by Crippen LogP contribution is 2.27. The summed E-state index contributed by atoms with van der Waals surface area (Å²) in [5.74, 6) is -1.48. The van der Waals surface area contributed by atoms with Crippen LogP contribution in [0.15, 0.2) is 39.3 Å². The van der Waals surface area contributed by atoms with Crippen molar-refractivity contribution in [2.24, 2.45) is 0 Å². The van der Waals surface area contributed by atoms with Gasteiger partial charge in [-0.1, -0.05) is 15.9 Å². The topological polar surface area (TPSA) is 55.2 Å². The molecule has 0 heterocycles. The van der Waals surface area contributed by atoms with Crippen LogP contribution in [-0.4, -0.2) is 4.92 Å². The number of rotatable bonds is 4. The fourth-order valence-corrected chi connectivity index (χ4v) is 2.40. The largest absolute Gasteiger partial charge is 0.378 e. The van der Waals surface area contributed by atoms with E-state index in [1.807, 2.05) is 0 Å². The number of benzene rings is 2. The maximum atomic E-state index is 13.6. The summed E-state index contributed by atoms with van der Waals surface area (Å²) < 4.78 is 27.4. The minimum absolute atomic E-state index is 0.0403. The van der Waals surface area contributed by atoms with Gasteiger partial charge in [-0.05, 0) is 34.1 Å². The van der Waals surface area contributed by atoms with Gasteiger partial charge in [0.2, 0.25) is 0 Å². The zero-order chi connectivity index (χ0) is 15.6. The molecule has 2 aromatic carbocycles. The first kappa shape index (κ1) is 15.8. The van der Waals surface area contributed by atoms with Gasteiger partial charge >= 0.3 is 0 Å². The molecular formula is C13H8Br2F2N2O2. The van der Waals surface area contributed by atoms with E-state index in [1.165, 1.54) is 12.1 Å². The molecule has 2 aromatic rings. The molecule has 0 aliphatic carbocycles. The smallest absolute Gasteiger partial charge is 0.275 e. The maximum Gasteiger partial charge on any atom is 0.275 e. The quantitative estimate of drug-likeness (QED) is 0.429. The molecule has 0 saturated carbocycles. The van der Waals surface area contributed by atoms with Gasteiger partial charge in [-0.2, -0.15) is 0 Å². The Kier molecular flexibility index (Phi) is 4.89. The van der Waals surface area contributed by atoms with Crippen LogP contribution in [0.1, 0.15) is 5.56 Å². The van der Waals surface area contributed by atoms with Crippen molar-refractivity contribution in [1.29, 1.82) is 0 Å². The van der Waals surface area contributed by atoms with E-state index in [2.05, 4.69) is 37.2 Å². The van der Waals surface area contributed by atoms with Gasteiger partial charge in [-0.25, -0.2) is 8.78 Å². The van der Waals surface area contributed by atoms with Crippen molar-refractivity contribution in [2.45, 2.75) is 6.54 Å². The predicted octanol–water partition coefficient (Wildman–Crippen LogP) is 5.01. The second kappa shape index (κ2) is 6.48. The third-order valence-electron chi connectivity index (χ3n) is 2.72. The molecule has 21 heavy (non-hydrogen) atoms. The fraction of sp³-hybridized carbons (Fsp3) is 0.0769. The predicted molar refractivity (Wildman–Crippen MR) is 82.2 cm³/mol. The minimum atomic E-state index is -0.768. The summed E-state index contributed by atoms with van der Waals surface area (Å²) in [6.45, 7) is 0.0403. The molecule has 110 valence electrons. The third-order valence-corrected chi connectivity index (χ3v) is 3.82. The molecular weight excluding hydrogens is 414 g/mol. The van der Waals surface area contributed by atoms with E-state index in [0.717, 1.165) is 6.07 Å². The van der Waals surface area contributed by atoms with E-state index < -0.39 is 16.6 Å². The van der Waals surface area contributed by atoms with Crippen LogP contribution >= 0.6 is 31.9 Å². The van der Waals surface area contributed by atoms with Gasteiger partial charge in [0.05, 0.1) is 15.1 Å². The summed E-state index contributed by atoms with van der Waals surface area (Å²) in [5.41, 5.74) is 0.363. The Morgan fingerprint density at radius 3 is 2.52 bits per heavy atom. The zero-order valence-electron chi connectivity index (χ0n) is 10.4. The number of hydrogen-bond acceptors (Lipinski definition) is 3. The summed E-state index contributed by atoms with van der Waals surface area (Å²) in [5, 5.41) is 13.7. The van der Waals surface area contributed by atoms with E-state index in [0.29, 0.717) is 10.0 Å². The number of nitro groups is 1.